The Balaban J connectivity index is 1.85. The summed E-state index contributed by atoms with van der Waals surface area (Å²) in [5.41, 5.74) is 3.45. The Bertz CT molecular complexity index is 1120. The molecule has 0 amide bonds. The van der Waals surface area contributed by atoms with E-state index >= 15 is 0 Å². The second-order valence-corrected chi connectivity index (χ2v) is 9.00. The van der Waals surface area contributed by atoms with Gasteiger partial charge in [-0.25, -0.2) is 23.1 Å². The number of nitrogens with one attached hydrogen (secondary N) is 3. The van der Waals surface area contributed by atoms with Crippen molar-refractivity contribution in [3.05, 3.63) is 36.3 Å². The zero-order valence-corrected chi connectivity index (χ0v) is 17.0. The quantitative estimate of drug-likeness (QED) is 0.608. The van der Waals surface area contributed by atoms with Crippen molar-refractivity contribution >= 4 is 38.2 Å². The van der Waals surface area contributed by atoms with Gasteiger partial charge in [-0.1, -0.05) is 0 Å². The first-order valence-electron chi connectivity index (χ1n) is 9.30. The number of rotatable bonds is 5. The van der Waals surface area contributed by atoms with E-state index in [9.17, 15) is 8.42 Å². The summed E-state index contributed by atoms with van der Waals surface area (Å²) in [6, 6.07) is 5.58. The first kappa shape index (κ1) is 18.7. The van der Waals surface area contributed by atoms with Gasteiger partial charge in [-0.05, 0) is 57.5 Å². The topological polar surface area (TPSA) is 103 Å². The van der Waals surface area contributed by atoms with E-state index in [2.05, 4.69) is 36.8 Å². The molecule has 2 aromatic heterocycles. The molecule has 1 aromatic carbocycles. The van der Waals surface area contributed by atoms with Crippen LogP contribution in [0.15, 0.2) is 35.6 Å². The van der Waals surface area contributed by atoms with Gasteiger partial charge in [0.1, 0.15) is 17.8 Å². The third-order valence-electron chi connectivity index (χ3n) is 5.33. The number of hydrogen-bond acceptors (Lipinski definition) is 6. The number of benzene rings is 1. The lowest BCUT2D eigenvalue weighted by atomic mass is 10.2. The number of aryl methyl sites for hydroxylation is 1. The molecule has 0 spiro atoms. The van der Waals surface area contributed by atoms with Crippen LogP contribution in [0.2, 0.25) is 0 Å². The Hall–Kier alpha value is -2.65. The lowest BCUT2D eigenvalue weighted by Gasteiger charge is -2.27. The lowest BCUT2D eigenvalue weighted by Crippen LogP contribution is -2.27. The molecule has 8 nitrogen and oxygen atoms in total. The van der Waals surface area contributed by atoms with Gasteiger partial charge in [-0.2, -0.15) is 0 Å². The van der Waals surface area contributed by atoms with E-state index in [0.29, 0.717) is 17.5 Å². The van der Waals surface area contributed by atoms with Crippen LogP contribution in [-0.2, 0) is 10.0 Å². The number of anilines is 3. The highest BCUT2D eigenvalue weighted by Crippen LogP contribution is 2.36. The third kappa shape index (κ3) is 3.20. The molecule has 28 heavy (non-hydrogen) atoms. The van der Waals surface area contributed by atoms with E-state index in [0.717, 1.165) is 41.7 Å². The van der Waals surface area contributed by atoms with Crippen molar-refractivity contribution < 1.29 is 8.42 Å². The molecule has 3 aromatic rings. The monoisotopic (exact) mass is 400 g/mol. The highest BCUT2D eigenvalue weighted by atomic mass is 32.2. The zero-order chi connectivity index (χ0) is 19.9. The molecule has 9 heteroatoms. The molecule has 4 rings (SSSR count). The summed E-state index contributed by atoms with van der Waals surface area (Å²) in [7, 11) is -2.14. The van der Waals surface area contributed by atoms with E-state index in [1.165, 1.54) is 13.4 Å². The average molecular weight is 401 g/mol. The summed E-state index contributed by atoms with van der Waals surface area (Å²) >= 11 is 0. The van der Waals surface area contributed by atoms with Gasteiger partial charge >= 0.3 is 0 Å². The van der Waals surface area contributed by atoms with Crippen molar-refractivity contribution in [3.8, 4) is 0 Å². The summed E-state index contributed by atoms with van der Waals surface area (Å²) in [6.07, 6.45) is 5.61. The van der Waals surface area contributed by atoms with Gasteiger partial charge in [0.2, 0.25) is 10.0 Å². The fourth-order valence-corrected chi connectivity index (χ4v) is 4.54. The number of sulfonamides is 1. The number of hydrogen-bond donors (Lipinski definition) is 3. The minimum Gasteiger partial charge on any atom is -0.367 e. The largest absolute Gasteiger partial charge is 0.367 e. The Kier molecular flexibility index (Phi) is 4.72. The van der Waals surface area contributed by atoms with Gasteiger partial charge in [0.25, 0.3) is 0 Å². The minimum atomic E-state index is -3.55. The molecule has 0 aliphatic carbocycles. The SMILES string of the molecule is CNS(=O)(=O)c1ccc(N2CCCC2C)c(Nc2ncnc3[nH]cc(C)c23)c1. The fourth-order valence-electron chi connectivity index (χ4n) is 3.78. The molecule has 3 N–H and O–H groups in total. The number of fused-ring (bicyclic) bond motifs is 1. The molecular formula is C19H24N6O2S. The highest BCUT2D eigenvalue weighted by molar-refractivity contribution is 7.89. The van der Waals surface area contributed by atoms with Gasteiger partial charge in [0.05, 0.1) is 21.7 Å². The van der Waals surface area contributed by atoms with Crippen LogP contribution >= 0.6 is 0 Å². The molecular weight excluding hydrogens is 376 g/mol. The van der Waals surface area contributed by atoms with Crippen molar-refractivity contribution in [1.29, 1.82) is 0 Å². The maximum atomic E-state index is 12.3. The Morgan fingerprint density at radius 2 is 2.11 bits per heavy atom. The second kappa shape index (κ2) is 7.06. The maximum Gasteiger partial charge on any atom is 0.240 e. The zero-order valence-electron chi connectivity index (χ0n) is 16.2. The lowest BCUT2D eigenvalue weighted by molar-refractivity contribution is 0.588. The molecule has 0 saturated carbocycles. The molecule has 1 saturated heterocycles. The van der Waals surface area contributed by atoms with Crippen molar-refractivity contribution in [2.75, 3.05) is 23.8 Å². The Labute approximate surface area is 164 Å². The van der Waals surface area contributed by atoms with Crippen LogP contribution < -0.4 is 14.9 Å². The first-order valence-corrected chi connectivity index (χ1v) is 10.8. The molecule has 148 valence electrons. The van der Waals surface area contributed by atoms with E-state index in [-0.39, 0.29) is 4.90 Å². The van der Waals surface area contributed by atoms with Gasteiger partial charge in [-0.15, -0.1) is 0 Å². The smallest absolute Gasteiger partial charge is 0.240 e. The maximum absolute atomic E-state index is 12.3. The summed E-state index contributed by atoms with van der Waals surface area (Å²) < 4.78 is 27.1. The number of aromatic nitrogens is 3. The number of nitrogens with zero attached hydrogens (tertiary/aromatic N) is 3. The predicted octanol–water partition coefficient (Wildman–Crippen LogP) is 2.91. The highest BCUT2D eigenvalue weighted by Gasteiger charge is 2.25. The average Bonchev–Trinajstić information content (AvgIpc) is 3.28. The van der Waals surface area contributed by atoms with E-state index < -0.39 is 10.0 Å². The van der Waals surface area contributed by atoms with Gasteiger partial charge in [-0.3, -0.25) is 0 Å². The van der Waals surface area contributed by atoms with E-state index in [4.69, 9.17) is 0 Å². The minimum absolute atomic E-state index is 0.212. The molecule has 1 aliphatic heterocycles. The standard InChI is InChI=1S/C19H24N6O2S/c1-12-10-21-18-17(12)19(23-11-22-18)24-15-9-14(28(26,27)20-3)6-7-16(15)25-8-4-5-13(25)2/h6-7,9-11,13,20H,4-5,8H2,1-3H3,(H2,21,22,23,24). The predicted molar refractivity (Wildman–Crippen MR) is 111 cm³/mol. The van der Waals surface area contributed by atoms with Crippen molar-refractivity contribution in [2.45, 2.75) is 37.6 Å². The van der Waals surface area contributed by atoms with Gasteiger partial charge in [0.15, 0.2) is 0 Å². The molecule has 0 bridgehead atoms. The second-order valence-electron chi connectivity index (χ2n) is 7.11. The van der Waals surface area contributed by atoms with Gasteiger partial charge < -0.3 is 15.2 Å². The van der Waals surface area contributed by atoms with Crippen LogP contribution in [-0.4, -0.2) is 43.0 Å². The van der Waals surface area contributed by atoms with Crippen molar-refractivity contribution in [2.24, 2.45) is 0 Å². The summed E-state index contributed by atoms with van der Waals surface area (Å²) in [5, 5.41) is 4.26. The van der Waals surface area contributed by atoms with Crippen LogP contribution in [0.4, 0.5) is 17.2 Å². The van der Waals surface area contributed by atoms with E-state index in [1.54, 1.807) is 12.1 Å². The summed E-state index contributed by atoms with van der Waals surface area (Å²) in [4.78, 5) is 14.3. The molecule has 0 radical (unpaired) electrons. The summed E-state index contributed by atoms with van der Waals surface area (Å²) in [6.45, 7) is 5.11. The Morgan fingerprint density at radius 3 is 2.82 bits per heavy atom. The first-order chi connectivity index (χ1) is 13.4. The van der Waals surface area contributed by atoms with Gasteiger partial charge in [0, 0.05) is 18.8 Å². The van der Waals surface area contributed by atoms with Crippen LogP contribution in [0, 0.1) is 6.92 Å². The molecule has 1 unspecified atom stereocenters. The van der Waals surface area contributed by atoms with Crippen molar-refractivity contribution in [1.82, 2.24) is 19.7 Å². The number of aromatic amines is 1. The van der Waals surface area contributed by atoms with Crippen LogP contribution in [0.1, 0.15) is 25.3 Å². The van der Waals surface area contributed by atoms with Crippen LogP contribution in [0.5, 0.6) is 0 Å². The normalized spacial score (nSPS) is 17.4. The Morgan fingerprint density at radius 1 is 1.29 bits per heavy atom. The van der Waals surface area contributed by atoms with E-state index in [1.807, 2.05) is 19.2 Å². The molecule has 3 heterocycles. The van der Waals surface area contributed by atoms with Crippen LogP contribution in [0.3, 0.4) is 0 Å². The fraction of sp³-hybridized carbons (Fsp3) is 0.368. The molecule has 1 aliphatic rings. The van der Waals surface area contributed by atoms with Crippen LogP contribution in [0.25, 0.3) is 11.0 Å². The van der Waals surface area contributed by atoms with Crippen molar-refractivity contribution in [3.63, 3.8) is 0 Å². The number of H-pyrrole nitrogens is 1. The molecule has 1 atom stereocenters. The third-order valence-corrected chi connectivity index (χ3v) is 6.74. The summed E-state index contributed by atoms with van der Waals surface area (Å²) in [5.74, 6) is 0.649. The molecule has 1 fully saturated rings.